The van der Waals surface area contributed by atoms with Crippen molar-refractivity contribution < 1.29 is 17.6 Å². The van der Waals surface area contributed by atoms with Gasteiger partial charge in [-0.3, -0.25) is 4.99 Å². The summed E-state index contributed by atoms with van der Waals surface area (Å²) in [6.07, 6.45) is -4.74. The molecule has 0 spiro atoms. The third kappa shape index (κ3) is 2.90. The molecule has 134 valence electrons. The maximum atomic E-state index is 13.8. The fraction of sp³-hybridized carbons (Fsp3) is 0.176. The zero-order valence-corrected chi connectivity index (χ0v) is 13.9. The van der Waals surface area contributed by atoms with E-state index in [2.05, 4.69) is 15.3 Å². The number of amidine groups is 2. The molecule has 0 aliphatic carbocycles. The van der Waals surface area contributed by atoms with Crippen LogP contribution in [0.4, 0.5) is 34.6 Å². The summed E-state index contributed by atoms with van der Waals surface area (Å²) in [4.78, 5) is 10.7. The molecule has 26 heavy (non-hydrogen) atoms. The Hall–Kier alpha value is -2.61. The van der Waals surface area contributed by atoms with E-state index < -0.39 is 17.6 Å². The van der Waals surface area contributed by atoms with E-state index >= 15 is 0 Å². The molecule has 2 aliphatic rings. The van der Waals surface area contributed by atoms with Crippen molar-refractivity contribution in [2.75, 3.05) is 23.3 Å². The molecule has 2 heterocycles. The van der Waals surface area contributed by atoms with Gasteiger partial charge >= 0.3 is 6.18 Å². The average Bonchev–Trinajstić information content (AvgIpc) is 3.04. The fourth-order valence-electron chi connectivity index (χ4n) is 2.91. The molecular weight excluding hydrogens is 372 g/mol. The lowest BCUT2D eigenvalue weighted by Gasteiger charge is -2.27. The molecule has 0 unspecified atom stereocenters. The van der Waals surface area contributed by atoms with Gasteiger partial charge < -0.3 is 10.2 Å². The molecule has 0 saturated heterocycles. The van der Waals surface area contributed by atoms with E-state index in [0.29, 0.717) is 41.5 Å². The highest BCUT2D eigenvalue weighted by molar-refractivity contribution is 6.51. The number of nitrogens with zero attached hydrogens (tertiary/aromatic N) is 3. The molecule has 0 saturated carbocycles. The quantitative estimate of drug-likeness (QED) is 0.715. The van der Waals surface area contributed by atoms with Gasteiger partial charge in [0, 0.05) is 17.3 Å². The van der Waals surface area contributed by atoms with Gasteiger partial charge in [-0.25, -0.2) is 9.38 Å². The predicted octanol–water partition coefficient (Wildman–Crippen LogP) is 4.87. The minimum Gasteiger partial charge on any atom is -0.337 e. The summed E-state index contributed by atoms with van der Waals surface area (Å²) >= 11 is 6.04. The molecule has 4 rings (SSSR count). The van der Waals surface area contributed by atoms with Crippen LogP contribution < -0.4 is 10.2 Å². The lowest BCUT2D eigenvalue weighted by molar-refractivity contribution is -0.139. The minimum absolute atomic E-state index is 0.154. The molecule has 0 radical (unpaired) electrons. The summed E-state index contributed by atoms with van der Waals surface area (Å²) in [5.74, 6) is -0.465. The summed E-state index contributed by atoms with van der Waals surface area (Å²) < 4.78 is 51.9. The van der Waals surface area contributed by atoms with E-state index in [9.17, 15) is 17.6 Å². The van der Waals surface area contributed by atoms with Crippen molar-refractivity contribution >= 4 is 40.3 Å². The Morgan fingerprint density at radius 1 is 1.12 bits per heavy atom. The van der Waals surface area contributed by atoms with Gasteiger partial charge in [-0.05, 0) is 36.4 Å². The van der Waals surface area contributed by atoms with Gasteiger partial charge in [0.1, 0.15) is 5.82 Å². The highest BCUT2D eigenvalue weighted by Crippen LogP contribution is 2.37. The monoisotopic (exact) mass is 382 g/mol. The summed E-state index contributed by atoms with van der Waals surface area (Å²) in [7, 11) is 0. The van der Waals surface area contributed by atoms with Gasteiger partial charge in [0.15, 0.2) is 11.7 Å². The van der Waals surface area contributed by atoms with Crippen LogP contribution >= 0.6 is 11.6 Å². The van der Waals surface area contributed by atoms with E-state index in [0.717, 1.165) is 17.8 Å². The SMILES string of the molecule is Fc1cc(NC2=Nc3ccc(Cl)cc3N3CCN=C23)ccc1C(F)(F)F. The topological polar surface area (TPSA) is 40.0 Å². The predicted molar refractivity (Wildman–Crippen MR) is 93.2 cm³/mol. The zero-order valence-electron chi connectivity index (χ0n) is 13.1. The summed E-state index contributed by atoms with van der Waals surface area (Å²) in [5, 5.41) is 3.43. The Bertz CT molecular complexity index is 952. The Labute approximate surface area is 150 Å². The van der Waals surface area contributed by atoms with E-state index in [1.807, 2.05) is 4.90 Å². The standard InChI is InChI=1S/C17H11ClF4N4/c18-9-1-4-13-14(7-9)26-6-5-23-16(26)15(25-13)24-10-2-3-11(12(19)8-10)17(20,21)22/h1-4,7-8H,5-6H2,(H,24,25). The Kier molecular flexibility index (Phi) is 3.87. The number of anilines is 2. The fourth-order valence-corrected chi connectivity index (χ4v) is 3.07. The van der Waals surface area contributed by atoms with Crippen molar-refractivity contribution in [3.63, 3.8) is 0 Å². The van der Waals surface area contributed by atoms with Crippen molar-refractivity contribution in [1.29, 1.82) is 0 Å². The Morgan fingerprint density at radius 3 is 2.65 bits per heavy atom. The minimum atomic E-state index is -4.74. The molecule has 9 heteroatoms. The number of fused-ring (bicyclic) bond motifs is 3. The van der Waals surface area contributed by atoms with Crippen LogP contribution in [0, 0.1) is 5.82 Å². The van der Waals surface area contributed by atoms with E-state index in [-0.39, 0.29) is 5.69 Å². The maximum Gasteiger partial charge on any atom is 0.419 e. The zero-order chi connectivity index (χ0) is 18.5. The largest absolute Gasteiger partial charge is 0.419 e. The second kappa shape index (κ2) is 5.98. The molecule has 2 aromatic rings. The summed E-state index contributed by atoms with van der Waals surface area (Å²) in [6, 6.07) is 7.85. The molecule has 4 nitrogen and oxygen atoms in total. The van der Waals surface area contributed by atoms with Crippen LogP contribution in [-0.4, -0.2) is 24.8 Å². The third-order valence-electron chi connectivity index (χ3n) is 4.05. The van der Waals surface area contributed by atoms with Crippen molar-refractivity contribution in [3.8, 4) is 0 Å². The van der Waals surface area contributed by atoms with E-state index in [1.165, 1.54) is 0 Å². The number of aliphatic imine (C=N–C) groups is 2. The average molecular weight is 383 g/mol. The van der Waals surface area contributed by atoms with Crippen LogP contribution in [0.25, 0.3) is 0 Å². The maximum absolute atomic E-state index is 13.8. The van der Waals surface area contributed by atoms with Gasteiger partial charge in [-0.1, -0.05) is 11.6 Å². The van der Waals surface area contributed by atoms with Crippen LogP contribution in [0.1, 0.15) is 5.56 Å². The number of rotatable bonds is 1. The van der Waals surface area contributed by atoms with Gasteiger partial charge in [0.2, 0.25) is 0 Å². The van der Waals surface area contributed by atoms with Gasteiger partial charge in [0.05, 0.1) is 23.5 Å². The van der Waals surface area contributed by atoms with Crippen molar-refractivity contribution in [2.24, 2.45) is 9.98 Å². The third-order valence-corrected chi connectivity index (χ3v) is 4.29. The lowest BCUT2D eigenvalue weighted by Crippen LogP contribution is -2.39. The second-order valence-corrected chi connectivity index (χ2v) is 6.20. The summed E-state index contributed by atoms with van der Waals surface area (Å²) in [5.41, 5.74) is 0.290. The number of halogens is 5. The molecule has 0 fully saturated rings. The van der Waals surface area contributed by atoms with Crippen LogP contribution in [0.2, 0.25) is 5.02 Å². The second-order valence-electron chi connectivity index (χ2n) is 5.77. The molecule has 0 aromatic heterocycles. The first-order valence-corrected chi connectivity index (χ1v) is 8.05. The van der Waals surface area contributed by atoms with Crippen molar-refractivity contribution in [1.82, 2.24) is 0 Å². The Morgan fingerprint density at radius 2 is 1.92 bits per heavy atom. The van der Waals surface area contributed by atoms with Gasteiger partial charge in [-0.2, -0.15) is 13.2 Å². The first-order valence-electron chi connectivity index (χ1n) is 7.67. The number of hydrogen-bond donors (Lipinski definition) is 1. The van der Waals surface area contributed by atoms with Crippen molar-refractivity contribution in [3.05, 3.63) is 52.8 Å². The number of alkyl halides is 3. The first-order chi connectivity index (χ1) is 12.3. The molecule has 1 N–H and O–H groups in total. The number of nitrogens with one attached hydrogen (secondary N) is 1. The van der Waals surface area contributed by atoms with Crippen LogP contribution in [-0.2, 0) is 6.18 Å². The smallest absolute Gasteiger partial charge is 0.337 e. The molecule has 0 amide bonds. The Balaban J connectivity index is 1.70. The molecule has 2 aromatic carbocycles. The van der Waals surface area contributed by atoms with E-state index in [4.69, 9.17) is 11.6 Å². The molecule has 0 atom stereocenters. The molecular formula is C17H11ClF4N4. The van der Waals surface area contributed by atoms with Crippen LogP contribution in [0.3, 0.4) is 0 Å². The summed E-state index contributed by atoms with van der Waals surface area (Å²) in [6.45, 7) is 1.17. The molecule has 2 aliphatic heterocycles. The van der Waals surface area contributed by atoms with Crippen LogP contribution in [0.15, 0.2) is 46.4 Å². The number of benzene rings is 2. The van der Waals surface area contributed by atoms with Crippen LogP contribution in [0.5, 0.6) is 0 Å². The number of hydrogen-bond acceptors (Lipinski definition) is 4. The highest BCUT2D eigenvalue weighted by Gasteiger charge is 2.34. The highest BCUT2D eigenvalue weighted by atomic mass is 35.5. The first kappa shape index (κ1) is 16.8. The van der Waals surface area contributed by atoms with Gasteiger partial charge in [0.25, 0.3) is 0 Å². The van der Waals surface area contributed by atoms with Gasteiger partial charge in [-0.15, -0.1) is 0 Å². The normalized spacial score (nSPS) is 16.0. The molecule has 0 bridgehead atoms. The van der Waals surface area contributed by atoms with E-state index in [1.54, 1.807) is 18.2 Å². The van der Waals surface area contributed by atoms with Crippen molar-refractivity contribution in [2.45, 2.75) is 6.18 Å². The lowest BCUT2D eigenvalue weighted by atomic mass is 10.1.